The van der Waals surface area contributed by atoms with Crippen LogP contribution in [0.5, 0.6) is 0 Å². The molecular formula is C63H84F7N7O3S2. The molecule has 2 saturated carbocycles. The van der Waals surface area contributed by atoms with E-state index in [2.05, 4.69) is 36.9 Å². The number of ketones is 1. The van der Waals surface area contributed by atoms with Crippen LogP contribution in [0.25, 0.3) is 16.7 Å². The zero-order chi connectivity index (χ0) is 60.5. The number of likely N-dealkylation sites (tertiary alicyclic amines) is 1. The average Bonchev–Trinajstić information content (AvgIpc) is 2.52. The van der Waals surface area contributed by atoms with E-state index in [1.807, 2.05) is 63.3 Å². The summed E-state index contributed by atoms with van der Waals surface area (Å²) in [6.07, 6.45) is 4.76. The van der Waals surface area contributed by atoms with Crippen molar-refractivity contribution in [1.82, 2.24) is 29.2 Å². The third-order valence-corrected chi connectivity index (χ3v) is 17.1. The highest BCUT2D eigenvalue weighted by atomic mass is 32.8. The van der Waals surface area contributed by atoms with Crippen molar-refractivity contribution in [2.24, 2.45) is 17.8 Å². The molecule has 10 nitrogen and oxygen atoms in total. The number of hydrogen-bond acceptors (Lipinski definition) is 9. The normalized spacial score (nSPS) is 20.8. The molecule has 3 aliphatic carbocycles. The number of piperidine rings is 1. The lowest BCUT2D eigenvalue weighted by Crippen LogP contribution is -2.42. The summed E-state index contributed by atoms with van der Waals surface area (Å²) < 4.78 is 111. The molecule has 82 heavy (non-hydrogen) atoms. The van der Waals surface area contributed by atoms with Gasteiger partial charge in [-0.3, -0.25) is 23.7 Å². The Morgan fingerprint density at radius 2 is 1.54 bits per heavy atom. The highest BCUT2D eigenvalue weighted by Gasteiger charge is 2.46. The van der Waals surface area contributed by atoms with Crippen LogP contribution in [0.3, 0.4) is 0 Å². The summed E-state index contributed by atoms with van der Waals surface area (Å²) in [5, 5.41) is 14.0. The van der Waals surface area contributed by atoms with Crippen LogP contribution in [-0.2, 0) is 57.7 Å². The Labute approximate surface area is 488 Å². The second-order valence-corrected chi connectivity index (χ2v) is 24.5. The van der Waals surface area contributed by atoms with E-state index in [4.69, 9.17) is 19.7 Å². The molecular weight excluding hydrogens is 1100 g/mol. The Morgan fingerprint density at radius 1 is 0.915 bits per heavy atom. The van der Waals surface area contributed by atoms with E-state index in [9.17, 15) is 35.9 Å². The van der Waals surface area contributed by atoms with Gasteiger partial charge in [0.15, 0.2) is 27.3 Å². The highest BCUT2D eigenvalue weighted by Crippen LogP contribution is 2.49. The molecule has 1 N–H and O–H groups in total. The zero-order valence-corrected chi connectivity index (χ0v) is 51.3. The monoisotopic (exact) mass is 1180 g/mol. The minimum atomic E-state index is -2.95. The Bertz CT molecular complexity index is 3120. The summed E-state index contributed by atoms with van der Waals surface area (Å²) in [7, 11) is 0.0833. The smallest absolute Gasteiger partial charge is 0.267 e. The summed E-state index contributed by atoms with van der Waals surface area (Å²) in [6, 6.07) is 8.52. The van der Waals surface area contributed by atoms with Crippen LogP contribution in [0, 0.1) is 48.6 Å². The minimum absolute atomic E-state index is 0.00733. The molecule has 0 spiro atoms. The van der Waals surface area contributed by atoms with Gasteiger partial charge in [0.2, 0.25) is 5.92 Å². The number of rotatable bonds is 17. The van der Waals surface area contributed by atoms with Crippen LogP contribution < -0.4 is 5.56 Å². The van der Waals surface area contributed by atoms with E-state index in [1.54, 1.807) is 13.8 Å². The molecule has 5 aromatic rings. The molecule has 1 aliphatic heterocycles. The summed E-state index contributed by atoms with van der Waals surface area (Å²) in [6.45, 7) is 24.0. The first-order valence-corrected chi connectivity index (χ1v) is 31.1. The second kappa shape index (κ2) is 28.7. The van der Waals surface area contributed by atoms with Gasteiger partial charge >= 0.3 is 0 Å². The Kier molecular flexibility index (Phi) is 23.2. The standard InChI is InChI=1S/C39H45F5N4O.C14H20N2O.C10H19F2N.OS2/c1-8-22(5)34(45)33-24(7)30(11-10-26(33)9-2)48-36(29(21(3)4)19-25-17-27(40)20-28(41)18-25)47-35-32(37(48)49)23(6)16-31(46-35)38(42)12-14-39(43,44)15-13-38;1-8-6-12-13(10(8)3)14(11-4-5-11)15-16(12)7-9(2)17;1-2-3-4-5-13-7-9(11)6-10(12)8-13;1-3-2/h10-11,16-18,20-22,29,45H,8-9,12-15,19H2,1-7H3;8,10-11H,4-7H2,1-3H3;9-10H,2-8H2,1H3;/t;8?,10-;;/m.0../s1. The topological polar surface area (TPSA) is 127 Å². The number of alkyl halides is 5. The summed E-state index contributed by atoms with van der Waals surface area (Å²) in [4.78, 5) is 37.5. The van der Waals surface area contributed by atoms with Gasteiger partial charge in [0.25, 0.3) is 5.56 Å². The first-order chi connectivity index (χ1) is 38.7. The molecule has 19 heteroatoms. The van der Waals surface area contributed by atoms with E-state index in [-0.39, 0.29) is 63.2 Å². The van der Waals surface area contributed by atoms with Crippen LogP contribution in [0.15, 0.2) is 41.2 Å². The number of nitrogens with one attached hydrogen (secondary N) is 1. The quantitative estimate of drug-likeness (QED) is 0.0554. The van der Waals surface area contributed by atoms with Gasteiger partial charge in [-0.15, -0.1) is 0 Å². The predicted molar refractivity (Wildman–Crippen MR) is 316 cm³/mol. The summed E-state index contributed by atoms with van der Waals surface area (Å²) in [5.41, 5.74) is 5.74. The lowest BCUT2D eigenvalue weighted by atomic mass is 9.81. The summed E-state index contributed by atoms with van der Waals surface area (Å²) in [5.74, 6) is -2.72. The molecule has 450 valence electrons. The Balaban J connectivity index is 0.000000263. The van der Waals surface area contributed by atoms with Gasteiger partial charge in [-0.25, -0.2) is 40.7 Å². The van der Waals surface area contributed by atoms with Crippen molar-refractivity contribution in [3.05, 3.63) is 115 Å². The number of benzene rings is 2. The van der Waals surface area contributed by atoms with E-state index < -0.39 is 72.7 Å². The van der Waals surface area contributed by atoms with Gasteiger partial charge in [0.1, 0.15) is 29.8 Å². The number of pyridine rings is 1. The largest absolute Gasteiger partial charge is 0.304 e. The maximum atomic E-state index is 16.3. The molecule has 6 atom stereocenters. The third kappa shape index (κ3) is 16.0. The van der Waals surface area contributed by atoms with Crippen LogP contribution in [0.1, 0.15) is 207 Å². The SMILES string of the molecule is CC(=O)Cn1nc(C2CC2)c2c1CC(C)[C@@H]2C.CCCCCN1CC(F)CC(F)C1.CCc1ccc(-n2c(C(Cc3cc(F)cc(F)c3)C(C)C)nc3nc(C4(F)CCC(F)(F)CC4)cc(C)c3c2=O)c(C)c1C(=N)C(C)CC.O=S=S. The fourth-order valence-corrected chi connectivity index (χ4v) is 11.9. The maximum Gasteiger partial charge on any atom is 0.267 e. The molecule has 3 fully saturated rings. The number of carbonyl (C=O) groups is 1. The fourth-order valence-electron chi connectivity index (χ4n) is 11.9. The van der Waals surface area contributed by atoms with E-state index in [0.29, 0.717) is 66.3 Å². The van der Waals surface area contributed by atoms with E-state index >= 15 is 4.39 Å². The molecule has 0 bridgehead atoms. The van der Waals surface area contributed by atoms with Gasteiger partial charge in [-0.1, -0.05) is 74.3 Å². The van der Waals surface area contributed by atoms with E-state index in [0.717, 1.165) is 61.4 Å². The maximum absolute atomic E-state index is 16.3. The van der Waals surface area contributed by atoms with Crippen molar-refractivity contribution in [2.45, 2.75) is 214 Å². The van der Waals surface area contributed by atoms with Crippen molar-refractivity contribution in [3.63, 3.8) is 0 Å². The fraction of sp³-hybridized carbons (Fsp3) is 0.619. The predicted octanol–water partition coefficient (Wildman–Crippen LogP) is 14.9. The molecule has 3 aromatic heterocycles. The number of fused-ring (bicyclic) bond motifs is 2. The highest BCUT2D eigenvalue weighted by molar-refractivity contribution is 8.11. The van der Waals surface area contributed by atoms with Crippen LogP contribution in [0.2, 0.25) is 0 Å². The molecule has 9 rings (SSSR count). The molecule has 1 saturated heterocycles. The Hall–Kier alpha value is -5.01. The van der Waals surface area contributed by atoms with Crippen LogP contribution >= 0.6 is 0 Å². The molecule has 4 aliphatic rings. The molecule has 4 heterocycles. The number of nitrogens with zero attached hydrogens (tertiary/aromatic N) is 6. The van der Waals surface area contributed by atoms with Crippen molar-refractivity contribution in [3.8, 4) is 5.69 Å². The van der Waals surface area contributed by atoms with Gasteiger partial charge < -0.3 is 5.41 Å². The number of Topliss-reactive ketones (excluding diaryl/α,β-unsaturated/α-hetero) is 1. The minimum Gasteiger partial charge on any atom is -0.304 e. The number of hydrogen-bond donors (Lipinski definition) is 1. The van der Waals surface area contributed by atoms with Crippen LogP contribution in [0.4, 0.5) is 30.7 Å². The number of aryl methyl sites for hydroxylation is 2. The van der Waals surface area contributed by atoms with Crippen molar-refractivity contribution < 1.29 is 39.7 Å². The number of halogens is 7. The Morgan fingerprint density at radius 3 is 2.09 bits per heavy atom. The van der Waals surface area contributed by atoms with Gasteiger partial charge in [-0.05, 0) is 161 Å². The average molecular weight is 1180 g/mol. The number of unbranched alkanes of at least 4 members (excludes halogenated alkanes) is 2. The van der Waals surface area contributed by atoms with Crippen molar-refractivity contribution in [2.75, 3.05) is 19.6 Å². The molecule has 0 radical (unpaired) electrons. The second-order valence-electron chi connectivity index (χ2n) is 23.9. The number of carbonyl (C=O) groups excluding carboxylic acids is 1. The zero-order valence-electron chi connectivity index (χ0n) is 49.7. The van der Waals surface area contributed by atoms with Gasteiger partial charge in [0.05, 0.1) is 29.0 Å². The lowest BCUT2D eigenvalue weighted by molar-refractivity contribution is -0.117. The van der Waals surface area contributed by atoms with Gasteiger partial charge in [-0.2, -0.15) is 9.31 Å². The lowest BCUT2D eigenvalue weighted by Gasteiger charge is -2.33. The first-order valence-electron chi connectivity index (χ1n) is 29.4. The van der Waals surface area contributed by atoms with Crippen molar-refractivity contribution in [1.29, 1.82) is 5.41 Å². The third-order valence-electron chi connectivity index (χ3n) is 17.1. The molecule has 2 aromatic carbocycles. The van der Waals surface area contributed by atoms with Crippen LogP contribution in [-0.4, -0.2) is 82.8 Å². The van der Waals surface area contributed by atoms with E-state index in [1.165, 1.54) is 52.6 Å². The first kappa shape index (κ1) is 66.1. The summed E-state index contributed by atoms with van der Waals surface area (Å²) >= 11 is 3.75. The van der Waals surface area contributed by atoms with Crippen molar-refractivity contribution >= 4 is 43.9 Å². The molecule has 0 amide bonds. The number of aromatic nitrogens is 5. The molecule has 5 unspecified atom stereocenters. The van der Waals surface area contributed by atoms with Gasteiger partial charge in [0, 0.05) is 78.4 Å².